The summed E-state index contributed by atoms with van der Waals surface area (Å²) in [6.45, 7) is 12.0. The number of rotatable bonds is 3. The molecule has 4 aliphatic rings. The van der Waals surface area contributed by atoms with E-state index < -0.39 is 5.41 Å². The zero-order chi connectivity index (χ0) is 41.7. The van der Waals surface area contributed by atoms with Gasteiger partial charge in [-0.15, -0.1) is 11.3 Å². The highest BCUT2D eigenvalue weighted by atomic mass is 32.1. The largest absolute Gasteiger partial charge is 0.376 e. The summed E-state index contributed by atoms with van der Waals surface area (Å²) in [4.78, 5) is 5.40. The maximum atomic E-state index is 2.75. The van der Waals surface area contributed by atoms with Gasteiger partial charge in [0.25, 0.3) is 0 Å². The van der Waals surface area contributed by atoms with Gasteiger partial charge in [0.15, 0.2) is 0 Å². The Bertz CT molecular complexity index is 3300. The molecule has 0 amide bonds. The van der Waals surface area contributed by atoms with Crippen LogP contribution in [-0.2, 0) is 16.2 Å². The molecule has 2 nitrogen and oxygen atoms in total. The maximum absolute atomic E-state index is 2.75. The summed E-state index contributed by atoms with van der Waals surface area (Å²) in [7, 11) is 0. The van der Waals surface area contributed by atoms with E-state index in [1.807, 2.05) is 11.3 Å². The van der Waals surface area contributed by atoms with E-state index >= 15 is 0 Å². The summed E-state index contributed by atoms with van der Waals surface area (Å²) < 4.78 is 2.67. The van der Waals surface area contributed by atoms with Crippen LogP contribution in [0.15, 0.2) is 170 Å². The number of fused-ring (bicyclic) bond motifs is 11. The lowest BCUT2D eigenvalue weighted by Crippen LogP contribution is -2.62. The number of nitrogens with zero attached hydrogens (tertiary/aromatic N) is 2. The zero-order valence-electron chi connectivity index (χ0n) is 36.0. The van der Waals surface area contributed by atoms with Crippen LogP contribution in [0.1, 0.15) is 79.5 Å². The predicted molar refractivity (Wildman–Crippen MR) is 265 cm³/mol. The summed E-state index contributed by atoms with van der Waals surface area (Å²) in [5.41, 5.74) is 20.8. The van der Waals surface area contributed by atoms with Crippen molar-refractivity contribution in [1.82, 2.24) is 0 Å². The van der Waals surface area contributed by atoms with Crippen LogP contribution in [-0.4, -0.2) is 6.85 Å². The molecule has 4 heteroatoms. The molecule has 3 aliphatic heterocycles. The first-order chi connectivity index (χ1) is 30.2. The van der Waals surface area contributed by atoms with Gasteiger partial charge in [0.05, 0.1) is 11.1 Å². The first-order valence-electron chi connectivity index (χ1n) is 22.3. The lowest BCUT2D eigenvalue weighted by atomic mass is 9.42. The quantitative estimate of drug-likeness (QED) is 0.164. The molecule has 0 saturated carbocycles. The second-order valence-electron chi connectivity index (χ2n) is 19.5. The van der Waals surface area contributed by atoms with Crippen molar-refractivity contribution in [2.24, 2.45) is 0 Å². The molecule has 0 atom stereocenters. The Balaban J connectivity index is 1.19. The van der Waals surface area contributed by atoms with Gasteiger partial charge >= 0.3 is 6.85 Å². The molecule has 62 heavy (non-hydrogen) atoms. The van der Waals surface area contributed by atoms with Crippen LogP contribution in [0.3, 0.4) is 0 Å². The molecule has 8 aromatic carbocycles. The third-order valence-corrected chi connectivity index (χ3v) is 16.3. The van der Waals surface area contributed by atoms with E-state index in [9.17, 15) is 0 Å². The lowest BCUT2D eigenvalue weighted by molar-refractivity contribution is 0.332. The monoisotopic (exact) mass is 814 g/mol. The van der Waals surface area contributed by atoms with E-state index in [1.165, 1.54) is 122 Å². The van der Waals surface area contributed by atoms with Crippen molar-refractivity contribution in [3.63, 3.8) is 0 Å². The summed E-state index contributed by atoms with van der Waals surface area (Å²) in [6.07, 6.45) is 2.37. The molecule has 1 aromatic heterocycles. The van der Waals surface area contributed by atoms with E-state index in [2.05, 4.69) is 214 Å². The Kier molecular flexibility index (Phi) is 7.39. The van der Waals surface area contributed by atoms with Crippen molar-refractivity contribution in [3.05, 3.63) is 209 Å². The van der Waals surface area contributed by atoms with E-state index in [1.54, 1.807) is 0 Å². The molecule has 0 saturated heterocycles. The Labute approximate surface area is 369 Å². The number of aryl methyl sites for hydroxylation is 1. The molecule has 4 heterocycles. The highest BCUT2D eigenvalue weighted by Gasteiger charge is 2.53. The summed E-state index contributed by atoms with van der Waals surface area (Å²) in [5.74, 6) is 0. The van der Waals surface area contributed by atoms with Crippen LogP contribution >= 0.6 is 11.3 Å². The molecule has 0 N–H and O–H groups in total. The van der Waals surface area contributed by atoms with Crippen LogP contribution in [0.5, 0.6) is 0 Å². The SMILES string of the molecule is Cc1cc2c3c(c1)N1c4ccccc4C(c4ccccc4)(c4ccccc4)c4cccc(c41)B3N(c1ccc3c(c1)C(C)(C)CCC3(C)C)c1ccc3sc4ccccc4c3c1-2. The highest BCUT2D eigenvalue weighted by molar-refractivity contribution is 7.26. The fraction of sp³-hybridized carbons (Fsp3) is 0.172. The van der Waals surface area contributed by atoms with Gasteiger partial charge in [-0.1, -0.05) is 155 Å². The van der Waals surface area contributed by atoms with Crippen molar-refractivity contribution in [2.45, 2.75) is 63.7 Å². The molecule has 0 unspecified atom stereocenters. The molecular formula is C58H47BN2S. The summed E-state index contributed by atoms with van der Waals surface area (Å²) >= 11 is 1.92. The third kappa shape index (κ3) is 4.66. The lowest BCUT2D eigenvalue weighted by Gasteiger charge is -2.52. The molecule has 0 radical (unpaired) electrons. The standard InChI is InChI=1S/C58H47BN2S/c1-36-33-41-52-48(29-30-51-53(52)40-21-12-15-26-50(40)62-51)61(39-27-28-42-45(35-39)57(4,5)32-31-56(42,2)3)59-46-24-16-23-44-55(46)60(49(34-36)54(41)59)47-25-14-13-22-43(47)58(44,37-17-8-6-9-18-37)38-19-10-7-11-20-38/h6-30,33-35H,31-32H2,1-5H3. The Morgan fingerprint density at radius 2 is 1.21 bits per heavy atom. The Morgan fingerprint density at radius 1 is 0.532 bits per heavy atom. The van der Waals surface area contributed by atoms with Crippen molar-refractivity contribution in [2.75, 3.05) is 9.71 Å². The molecule has 298 valence electrons. The smallest absolute Gasteiger partial charge is 0.333 e. The molecule has 0 spiro atoms. The van der Waals surface area contributed by atoms with Gasteiger partial charge in [-0.3, -0.25) is 0 Å². The van der Waals surface area contributed by atoms with Crippen LogP contribution in [0.4, 0.5) is 28.4 Å². The highest BCUT2D eigenvalue weighted by Crippen LogP contribution is 2.60. The average molecular weight is 815 g/mol. The van der Waals surface area contributed by atoms with Crippen molar-refractivity contribution >= 4 is 77.7 Å². The summed E-state index contributed by atoms with van der Waals surface area (Å²) in [5, 5.41) is 2.70. The molecule has 0 fully saturated rings. The van der Waals surface area contributed by atoms with E-state index in [-0.39, 0.29) is 17.7 Å². The zero-order valence-corrected chi connectivity index (χ0v) is 36.8. The minimum Gasteiger partial charge on any atom is -0.376 e. The van der Waals surface area contributed by atoms with E-state index in [4.69, 9.17) is 0 Å². The minimum absolute atomic E-state index is 0.0666. The fourth-order valence-electron chi connectivity index (χ4n) is 12.3. The van der Waals surface area contributed by atoms with Gasteiger partial charge in [0.1, 0.15) is 0 Å². The van der Waals surface area contributed by atoms with Crippen LogP contribution in [0.25, 0.3) is 31.3 Å². The molecule has 9 aromatic rings. The minimum atomic E-state index is -0.550. The fourth-order valence-corrected chi connectivity index (χ4v) is 13.4. The normalized spacial score (nSPS) is 17.0. The van der Waals surface area contributed by atoms with Crippen molar-refractivity contribution in [1.29, 1.82) is 0 Å². The van der Waals surface area contributed by atoms with Gasteiger partial charge in [0.2, 0.25) is 0 Å². The third-order valence-electron chi connectivity index (χ3n) is 15.2. The van der Waals surface area contributed by atoms with Gasteiger partial charge in [0, 0.05) is 48.5 Å². The molecule has 1 aliphatic carbocycles. The second-order valence-corrected chi connectivity index (χ2v) is 20.6. The first-order valence-corrected chi connectivity index (χ1v) is 23.2. The molecular weight excluding hydrogens is 768 g/mol. The van der Waals surface area contributed by atoms with Crippen molar-refractivity contribution in [3.8, 4) is 11.1 Å². The molecule has 0 bridgehead atoms. The number of benzene rings is 8. The van der Waals surface area contributed by atoms with E-state index in [0.717, 1.165) is 0 Å². The number of anilines is 5. The van der Waals surface area contributed by atoms with Crippen molar-refractivity contribution < 1.29 is 0 Å². The van der Waals surface area contributed by atoms with Gasteiger partial charge in [-0.2, -0.15) is 0 Å². The van der Waals surface area contributed by atoms with E-state index in [0.29, 0.717) is 0 Å². The number of hydrogen-bond acceptors (Lipinski definition) is 3. The maximum Gasteiger partial charge on any atom is 0.333 e. The van der Waals surface area contributed by atoms with Gasteiger partial charge < -0.3 is 9.71 Å². The topological polar surface area (TPSA) is 6.48 Å². The molecule has 13 rings (SSSR count). The predicted octanol–water partition coefficient (Wildman–Crippen LogP) is 14.1. The van der Waals surface area contributed by atoms with Crippen LogP contribution in [0.2, 0.25) is 0 Å². The van der Waals surface area contributed by atoms with Gasteiger partial charge in [-0.25, -0.2) is 0 Å². The first kappa shape index (κ1) is 36.3. The number of hydrogen-bond donors (Lipinski definition) is 0. The second kappa shape index (κ2) is 12.6. The number of para-hydroxylation sites is 2. The Morgan fingerprint density at radius 3 is 1.98 bits per heavy atom. The van der Waals surface area contributed by atoms with Crippen LogP contribution < -0.4 is 20.6 Å². The average Bonchev–Trinajstić information content (AvgIpc) is 3.68. The number of thiophene rings is 1. The summed E-state index contributed by atoms with van der Waals surface area (Å²) in [6, 6.07) is 65.3. The van der Waals surface area contributed by atoms with Crippen LogP contribution in [0, 0.1) is 6.92 Å². The Hall–Kier alpha value is -6.36. The van der Waals surface area contributed by atoms with Gasteiger partial charge in [-0.05, 0) is 128 Å².